The lowest BCUT2D eigenvalue weighted by Crippen LogP contribution is -2.45. The largest absolute Gasteiger partial charge is 0.444 e. The zero-order valence-corrected chi connectivity index (χ0v) is 14.7. The van der Waals surface area contributed by atoms with Gasteiger partial charge < -0.3 is 15.0 Å². The Kier molecular flexibility index (Phi) is 6.54. The molecule has 0 spiro atoms. The van der Waals surface area contributed by atoms with Gasteiger partial charge in [-0.2, -0.15) is 0 Å². The molecule has 0 aromatic heterocycles. The fourth-order valence-electron chi connectivity index (χ4n) is 3.53. The van der Waals surface area contributed by atoms with Gasteiger partial charge in [-0.15, -0.1) is 0 Å². The molecule has 2 aliphatic rings. The summed E-state index contributed by atoms with van der Waals surface area (Å²) in [5, 5.41) is 3.73. The number of carbonyl (C=O) groups is 1. The summed E-state index contributed by atoms with van der Waals surface area (Å²) in [6.07, 6.45) is 10.2. The van der Waals surface area contributed by atoms with E-state index in [1.807, 2.05) is 25.7 Å². The van der Waals surface area contributed by atoms with Crippen molar-refractivity contribution in [3.05, 3.63) is 0 Å². The van der Waals surface area contributed by atoms with E-state index in [9.17, 15) is 4.79 Å². The molecule has 1 atom stereocenters. The molecule has 0 aromatic carbocycles. The maximum Gasteiger partial charge on any atom is 0.410 e. The van der Waals surface area contributed by atoms with Gasteiger partial charge in [0.25, 0.3) is 0 Å². The first-order valence-electron chi connectivity index (χ1n) is 9.15. The second kappa shape index (κ2) is 8.19. The molecule has 0 aromatic rings. The smallest absolute Gasteiger partial charge is 0.410 e. The van der Waals surface area contributed by atoms with E-state index in [0.29, 0.717) is 6.04 Å². The topological polar surface area (TPSA) is 41.6 Å². The van der Waals surface area contributed by atoms with Crippen LogP contribution in [0.3, 0.4) is 0 Å². The van der Waals surface area contributed by atoms with Crippen molar-refractivity contribution in [1.82, 2.24) is 10.2 Å². The fraction of sp³-hybridized carbons (Fsp3) is 0.944. The van der Waals surface area contributed by atoms with Crippen molar-refractivity contribution < 1.29 is 9.53 Å². The summed E-state index contributed by atoms with van der Waals surface area (Å²) in [6.45, 7) is 8.54. The van der Waals surface area contributed by atoms with E-state index < -0.39 is 5.60 Å². The average molecular weight is 310 g/mol. The summed E-state index contributed by atoms with van der Waals surface area (Å²) in [6, 6.07) is 0.428. The van der Waals surface area contributed by atoms with E-state index in [2.05, 4.69) is 5.32 Å². The van der Waals surface area contributed by atoms with Crippen molar-refractivity contribution in [2.45, 2.75) is 83.8 Å². The third kappa shape index (κ3) is 6.15. The lowest BCUT2D eigenvalue weighted by atomic mass is 9.89. The Morgan fingerprint density at radius 3 is 2.45 bits per heavy atom. The molecular formula is C18H34N2O2. The van der Waals surface area contributed by atoms with Gasteiger partial charge in [0, 0.05) is 19.1 Å². The second-order valence-corrected chi connectivity index (χ2v) is 8.03. The molecular weight excluding hydrogens is 276 g/mol. The molecule has 1 saturated heterocycles. The molecule has 1 aliphatic heterocycles. The number of nitrogens with zero attached hydrogens (tertiary/aromatic N) is 1. The number of hydrogen-bond donors (Lipinski definition) is 1. The van der Waals surface area contributed by atoms with E-state index in [4.69, 9.17) is 4.74 Å². The first-order chi connectivity index (χ1) is 10.4. The molecule has 1 N–H and O–H groups in total. The lowest BCUT2D eigenvalue weighted by molar-refractivity contribution is 0.0243. The van der Waals surface area contributed by atoms with Crippen LogP contribution in [0, 0.1) is 5.92 Å². The summed E-state index contributed by atoms with van der Waals surface area (Å²) in [5.41, 5.74) is -0.408. The van der Waals surface area contributed by atoms with Crippen LogP contribution in [-0.2, 0) is 4.74 Å². The molecule has 2 rings (SSSR count). The summed E-state index contributed by atoms with van der Waals surface area (Å²) in [7, 11) is 0. The van der Waals surface area contributed by atoms with Gasteiger partial charge in [0.1, 0.15) is 5.60 Å². The van der Waals surface area contributed by atoms with E-state index in [-0.39, 0.29) is 6.09 Å². The molecule has 4 heteroatoms. The minimum absolute atomic E-state index is 0.154. The molecule has 0 radical (unpaired) electrons. The number of hydrogen-bond acceptors (Lipinski definition) is 3. The Balaban J connectivity index is 1.80. The zero-order valence-electron chi connectivity index (χ0n) is 14.7. The van der Waals surface area contributed by atoms with Crippen LogP contribution in [0.15, 0.2) is 0 Å². The van der Waals surface area contributed by atoms with E-state index in [0.717, 1.165) is 32.0 Å². The molecule has 0 bridgehead atoms. The summed E-state index contributed by atoms with van der Waals surface area (Å²) >= 11 is 0. The quantitative estimate of drug-likeness (QED) is 0.858. The van der Waals surface area contributed by atoms with Crippen molar-refractivity contribution in [1.29, 1.82) is 0 Å². The van der Waals surface area contributed by atoms with Crippen LogP contribution in [0.4, 0.5) is 4.79 Å². The number of ether oxygens (including phenoxy) is 1. The molecule has 128 valence electrons. The molecule has 1 unspecified atom stereocenters. The summed E-state index contributed by atoms with van der Waals surface area (Å²) < 4.78 is 5.53. The fourth-order valence-corrected chi connectivity index (χ4v) is 3.53. The van der Waals surface area contributed by atoms with Crippen LogP contribution >= 0.6 is 0 Å². The molecule has 1 heterocycles. The van der Waals surface area contributed by atoms with Crippen molar-refractivity contribution in [3.63, 3.8) is 0 Å². The number of carbonyl (C=O) groups excluding carboxylic acids is 1. The number of amides is 1. The average Bonchev–Trinajstić information content (AvgIpc) is 2.70. The van der Waals surface area contributed by atoms with Crippen LogP contribution in [0.5, 0.6) is 0 Å². The van der Waals surface area contributed by atoms with Gasteiger partial charge in [0.05, 0.1) is 0 Å². The number of rotatable bonds is 3. The summed E-state index contributed by atoms with van der Waals surface area (Å²) in [5.74, 6) is 0.840. The van der Waals surface area contributed by atoms with Crippen molar-refractivity contribution in [3.8, 4) is 0 Å². The van der Waals surface area contributed by atoms with Gasteiger partial charge in [0.2, 0.25) is 0 Å². The SMILES string of the molecule is CC(C)(C)OC(=O)N1CCCCC(NCC2CCCCC2)C1. The van der Waals surface area contributed by atoms with E-state index >= 15 is 0 Å². The number of likely N-dealkylation sites (tertiary alicyclic amines) is 1. The van der Waals surface area contributed by atoms with Gasteiger partial charge >= 0.3 is 6.09 Å². The summed E-state index contributed by atoms with van der Waals surface area (Å²) in [4.78, 5) is 14.2. The predicted molar refractivity (Wildman–Crippen MR) is 90.0 cm³/mol. The Bertz CT molecular complexity index is 345. The van der Waals surface area contributed by atoms with Crippen molar-refractivity contribution in [2.75, 3.05) is 19.6 Å². The zero-order chi connectivity index (χ0) is 16.0. The lowest BCUT2D eigenvalue weighted by Gasteiger charge is -2.30. The number of nitrogens with one attached hydrogen (secondary N) is 1. The third-order valence-corrected chi connectivity index (χ3v) is 4.74. The van der Waals surface area contributed by atoms with Gasteiger partial charge in [-0.1, -0.05) is 25.7 Å². The molecule has 1 saturated carbocycles. The Hall–Kier alpha value is -0.770. The van der Waals surface area contributed by atoms with E-state index in [1.165, 1.54) is 44.9 Å². The highest BCUT2D eigenvalue weighted by atomic mass is 16.6. The molecule has 1 aliphatic carbocycles. The highest BCUT2D eigenvalue weighted by Crippen LogP contribution is 2.23. The third-order valence-electron chi connectivity index (χ3n) is 4.74. The van der Waals surface area contributed by atoms with Gasteiger partial charge in [-0.3, -0.25) is 0 Å². The molecule has 22 heavy (non-hydrogen) atoms. The van der Waals surface area contributed by atoms with Gasteiger partial charge in [-0.25, -0.2) is 4.79 Å². The normalized spacial score (nSPS) is 24.9. The minimum atomic E-state index is -0.408. The maximum absolute atomic E-state index is 12.3. The van der Waals surface area contributed by atoms with Crippen molar-refractivity contribution >= 4 is 6.09 Å². The monoisotopic (exact) mass is 310 g/mol. The van der Waals surface area contributed by atoms with Crippen LogP contribution in [0.25, 0.3) is 0 Å². The Morgan fingerprint density at radius 2 is 1.77 bits per heavy atom. The first kappa shape index (κ1) is 17.6. The molecule has 4 nitrogen and oxygen atoms in total. The second-order valence-electron chi connectivity index (χ2n) is 8.03. The standard InChI is InChI=1S/C18H34N2O2/c1-18(2,3)22-17(21)20-12-8-7-11-16(14-20)19-13-15-9-5-4-6-10-15/h15-16,19H,4-14H2,1-3H3. The van der Waals surface area contributed by atoms with Crippen LogP contribution in [-0.4, -0.2) is 42.3 Å². The Labute approximate surface area is 136 Å². The first-order valence-corrected chi connectivity index (χ1v) is 9.15. The van der Waals surface area contributed by atoms with Crippen LogP contribution in [0.1, 0.15) is 72.1 Å². The maximum atomic E-state index is 12.3. The highest BCUT2D eigenvalue weighted by molar-refractivity contribution is 5.68. The van der Waals surface area contributed by atoms with Gasteiger partial charge in [-0.05, 0) is 58.9 Å². The Morgan fingerprint density at radius 1 is 1.09 bits per heavy atom. The predicted octanol–water partition coefficient (Wildman–Crippen LogP) is 3.95. The van der Waals surface area contributed by atoms with Crippen LogP contribution in [0.2, 0.25) is 0 Å². The van der Waals surface area contributed by atoms with Crippen LogP contribution < -0.4 is 5.32 Å². The molecule has 1 amide bonds. The molecule has 2 fully saturated rings. The minimum Gasteiger partial charge on any atom is -0.444 e. The highest BCUT2D eigenvalue weighted by Gasteiger charge is 2.26. The van der Waals surface area contributed by atoms with Gasteiger partial charge in [0.15, 0.2) is 0 Å². The van der Waals surface area contributed by atoms with E-state index in [1.54, 1.807) is 0 Å². The van der Waals surface area contributed by atoms with Crippen molar-refractivity contribution in [2.24, 2.45) is 5.92 Å².